The second kappa shape index (κ2) is 9.50. The van der Waals surface area contributed by atoms with E-state index in [1.165, 1.54) is 6.07 Å². The summed E-state index contributed by atoms with van der Waals surface area (Å²) in [6.45, 7) is 0.453. The first-order valence-corrected chi connectivity index (χ1v) is 12.4. The Morgan fingerprint density at radius 2 is 1.69 bits per heavy atom. The molecule has 0 bridgehead atoms. The van der Waals surface area contributed by atoms with Gasteiger partial charge in [-0.05, 0) is 48.0 Å². The molecule has 8 heteroatoms. The van der Waals surface area contributed by atoms with Crippen molar-refractivity contribution in [3.8, 4) is 39.7 Å². The van der Waals surface area contributed by atoms with Gasteiger partial charge in [-0.15, -0.1) is 0 Å². The highest BCUT2D eigenvalue weighted by Gasteiger charge is 2.17. The van der Waals surface area contributed by atoms with Gasteiger partial charge in [-0.25, -0.2) is 9.37 Å². The topological polar surface area (TPSA) is 92.4 Å². The van der Waals surface area contributed by atoms with Gasteiger partial charge in [0.25, 0.3) is 0 Å². The molecule has 2 aromatic carbocycles. The van der Waals surface area contributed by atoms with Gasteiger partial charge in [0, 0.05) is 34.4 Å². The summed E-state index contributed by atoms with van der Waals surface area (Å²) in [7, 11) is 0. The van der Waals surface area contributed by atoms with Gasteiger partial charge in [0.15, 0.2) is 0 Å². The first kappa shape index (κ1) is 22.8. The largest absolute Gasteiger partial charge is 0.487 e. The number of halogens is 1. The van der Waals surface area contributed by atoms with Gasteiger partial charge in [0.05, 0.1) is 28.8 Å². The number of pyridine rings is 3. The molecule has 0 radical (unpaired) electrons. The molecule has 0 aliphatic heterocycles. The molecule has 0 atom stereocenters. The second-order valence-corrected chi connectivity index (χ2v) is 9.13. The van der Waals surface area contributed by atoms with Gasteiger partial charge in [-0.3, -0.25) is 15.1 Å². The number of nitrogens with zero attached hydrogens (tertiary/aromatic N) is 4. The standard InChI is InChI=1S/C31H21FN6O/c32-24-9-5-4-8-22(24)29-23-15-28(35-26(23)12-13-34-29)31-30-27(37-38-31)11-10-25(36-30)20-14-21(17-33-16-20)39-18-19-6-2-1-3-7-19/h1-17,35H,18H2,(H,37,38). The molecule has 188 valence electrons. The van der Waals surface area contributed by atoms with E-state index in [1.807, 2.05) is 60.7 Å². The molecule has 0 saturated heterocycles. The maximum Gasteiger partial charge on any atom is 0.138 e. The summed E-state index contributed by atoms with van der Waals surface area (Å²) in [6.07, 6.45) is 5.13. The summed E-state index contributed by atoms with van der Waals surface area (Å²) in [5.74, 6) is 0.342. The Hall–Kier alpha value is -5.37. The number of hydrogen-bond donors (Lipinski definition) is 2. The monoisotopic (exact) mass is 512 g/mol. The molecule has 7 nitrogen and oxygen atoms in total. The van der Waals surface area contributed by atoms with Crippen molar-refractivity contribution in [1.29, 1.82) is 0 Å². The van der Waals surface area contributed by atoms with Crippen molar-refractivity contribution in [1.82, 2.24) is 30.1 Å². The molecule has 7 aromatic rings. The lowest BCUT2D eigenvalue weighted by Gasteiger charge is -2.08. The first-order chi connectivity index (χ1) is 19.2. The molecule has 0 fully saturated rings. The van der Waals surface area contributed by atoms with Gasteiger partial charge >= 0.3 is 0 Å². The molecular weight excluding hydrogens is 491 g/mol. The number of aromatic nitrogens is 6. The first-order valence-electron chi connectivity index (χ1n) is 12.4. The summed E-state index contributed by atoms with van der Waals surface area (Å²) in [5, 5.41) is 8.41. The van der Waals surface area contributed by atoms with Crippen molar-refractivity contribution < 1.29 is 9.13 Å². The molecule has 0 spiro atoms. The highest BCUT2D eigenvalue weighted by Crippen LogP contribution is 2.34. The number of ether oxygens (including phenoxy) is 1. The summed E-state index contributed by atoms with van der Waals surface area (Å²) in [5.41, 5.74) is 7.42. The smallest absolute Gasteiger partial charge is 0.138 e. The van der Waals surface area contributed by atoms with Crippen LogP contribution in [0, 0.1) is 5.82 Å². The number of nitrogens with one attached hydrogen (secondary N) is 2. The van der Waals surface area contributed by atoms with Crippen LogP contribution in [0.5, 0.6) is 5.75 Å². The Balaban J connectivity index is 1.25. The van der Waals surface area contributed by atoms with E-state index in [0.717, 1.165) is 38.9 Å². The highest BCUT2D eigenvalue weighted by atomic mass is 19.1. The van der Waals surface area contributed by atoms with Crippen LogP contribution in [0.2, 0.25) is 0 Å². The van der Waals surface area contributed by atoms with Gasteiger partial charge in [0.1, 0.15) is 29.4 Å². The van der Waals surface area contributed by atoms with Gasteiger partial charge in [-0.1, -0.05) is 42.5 Å². The minimum Gasteiger partial charge on any atom is -0.487 e. The zero-order valence-corrected chi connectivity index (χ0v) is 20.6. The lowest BCUT2D eigenvalue weighted by atomic mass is 10.1. The number of benzene rings is 2. The Bertz CT molecular complexity index is 1950. The maximum absolute atomic E-state index is 14.6. The molecule has 0 amide bonds. The van der Waals surface area contributed by atoms with E-state index in [9.17, 15) is 4.39 Å². The van der Waals surface area contributed by atoms with Gasteiger partial charge < -0.3 is 9.72 Å². The van der Waals surface area contributed by atoms with Gasteiger partial charge in [-0.2, -0.15) is 5.10 Å². The van der Waals surface area contributed by atoms with Crippen molar-refractivity contribution in [3.63, 3.8) is 0 Å². The summed E-state index contributed by atoms with van der Waals surface area (Å²) in [6, 6.07) is 26.2. The van der Waals surface area contributed by atoms with E-state index >= 15 is 0 Å². The number of H-pyrrole nitrogens is 2. The van der Waals surface area contributed by atoms with E-state index < -0.39 is 0 Å². The molecular formula is C31H21FN6O. The summed E-state index contributed by atoms with van der Waals surface area (Å²) >= 11 is 0. The van der Waals surface area contributed by atoms with Gasteiger partial charge in [0.2, 0.25) is 0 Å². The van der Waals surface area contributed by atoms with E-state index in [1.54, 1.807) is 36.8 Å². The lowest BCUT2D eigenvalue weighted by molar-refractivity contribution is 0.305. The maximum atomic E-state index is 14.6. The average molecular weight is 513 g/mol. The third kappa shape index (κ3) is 4.27. The normalized spacial score (nSPS) is 11.3. The fourth-order valence-electron chi connectivity index (χ4n) is 4.68. The molecule has 39 heavy (non-hydrogen) atoms. The Morgan fingerprint density at radius 1 is 0.821 bits per heavy atom. The highest BCUT2D eigenvalue weighted by molar-refractivity contribution is 5.99. The second-order valence-electron chi connectivity index (χ2n) is 9.13. The summed E-state index contributed by atoms with van der Waals surface area (Å²) in [4.78, 5) is 17.2. The van der Waals surface area contributed by atoms with Crippen LogP contribution in [-0.4, -0.2) is 30.1 Å². The van der Waals surface area contributed by atoms with Crippen molar-refractivity contribution >= 4 is 21.9 Å². The minimum atomic E-state index is -0.319. The number of aromatic amines is 2. The third-order valence-corrected chi connectivity index (χ3v) is 6.60. The van der Waals surface area contributed by atoms with E-state index in [2.05, 4.69) is 25.1 Å². The van der Waals surface area contributed by atoms with Crippen LogP contribution in [0.25, 0.3) is 55.8 Å². The van der Waals surface area contributed by atoms with Crippen LogP contribution < -0.4 is 4.74 Å². The van der Waals surface area contributed by atoms with Crippen LogP contribution >= 0.6 is 0 Å². The molecule has 7 rings (SSSR count). The quantitative estimate of drug-likeness (QED) is 0.252. The SMILES string of the molecule is Fc1ccccc1-c1nccc2[nH]c(-c3n[nH]c4ccc(-c5cncc(OCc6ccccc6)c5)nc34)cc12. The minimum absolute atomic E-state index is 0.319. The predicted octanol–water partition coefficient (Wildman–Crippen LogP) is 6.95. The van der Waals surface area contributed by atoms with E-state index in [-0.39, 0.29) is 5.82 Å². The molecule has 0 saturated carbocycles. The number of rotatable bonds is 6. The van der Waals surface area contributed by atoms with E-state index in [0.29, 0.717) is 34.8 Å². The zero-order valence-electron chi connectivity index (χ0n) is 20.6. The third-order valence-electron chi connectivity index (χ3n) is 6.60. The fraction of sp³-hybridized carbons (Fsp3) is 0.0323. The number of fused-ring (bicyclic) bond motifs is 2. The van der Waals surface area contributed by atoms with Crippen LogP contribution in [0.4, 0.5) is 4.39 Å². The Kier molecular flexibility index (Phi) is 5.55. The Morgan fingerprint density at radius 3 is 2.59 bits per heavy atom. The predicted molar refractivity (Wildman–Crippen MR) is 148 cm³/mol. The van der Waals surface area contributed by atoms with Crippen molar-refractivity contribution in [2.75, 3.05) is 0 Å². The molecule has 5 aromatic heterocycles. The van der Waals surface area contributed by atoms with E-state index in [4.69, 9.17) is 9.72 Å². The number of hydrogen-bond acceptors (Lipinski definition) is 5. The van der Waals surface area contributed by atoms with Crippen LogP contribution in [0.1, 0.15) is 5.56 Å². The van der Waals surface area contributed by atoms with Crippen LogP contribution in [0.15, 0.2) is 104 Å². The lowest BCUT2D eigenvalue weighted by Crippen LogP contribution is -1.96. The Labute approximate surface area is 222 Å². The van der Waals surface area contributed by atoms with Crippen molar-refractivity contribution in [3.05, 3.63) is 115 Å². The molecule has 0 unspecified atom stereocenters. The van der Waals surface area contributed by atoms with Crippen LogP contribution in [0.3, 0.4) is 0 Å². The zero-order chi connectivity index (χ0) is 26.2. The molecule has 0 aliphatic carbocycles. The van der Waals surface area contributed by atoms with Crippen molar-refractivity contribution in [2.45, 2.75) is 6.61 Å². The fourth-order valence-corrected chi connectivity index (χ4v) is 4.68. The summed E-state index contributed by atoms with van der Waals surface area (Å²) < 4.78 is 20.5. The molecule has 0 aliphatic rings. The van der Waals surface area contributed by atoms with Crippen LogP contribution in [-0.2, 0) is 6.61 Å². The average Bonchev–Trinajstić information content (AvgIpc) is 3.61. The van der Waals surface area contributed by atoms with Crippen molar-refractivity contribution in [2.24, 2.45) is 0 Å². The molecule has 5 heterocycles. The molecule has 2 N–H and O–H groups in total.